The van der Waals surface area contributed by atoms with Crippen LogP contribution in [-0.4, -0.2) is 42.2 Å². The molecule has 7 nitrogen and oxygen atoms in total. The molecule has 136 valence electrons. The molecule has 2 fully saturated rings. The minimum absolute atomic E-state index is 0.110. The van der Waals surface area contributed by atoms with Crippen molar-refractivity contribution in [3.8, 4) is 11.6 Å². The van der Waals surface area contributed by atoms with Gasteiger partial charge < -0.3 is 20.5 Å². The fraction of sp³-hybridized carbons (Fsp3) is 0.389. The van der Waals surface area contributed by atoms with E-state index in [-0.39, 0.29) is 24.0 Å². The van der Waals surface area contributed by atoms with Crippen LogP contribution in [0, 0.1) is 11.8 Å². The Morgan fingerprint density at radius 2 is 2.23 bits per heavy atom. The van der Waals surface area contributed by atoms with Crippen molar-refractivity contribution in [1.82, 2.24) is 10.3 Å². The molecular formula is C18H18FN3O4. The van der Waals surface area contributed by atoms with Crippen LogP contribution in [0.25, 0.3) is 10.8 Å². The number of alkyl halides is 1. The highest BCUT2D eigenvalue weighted by atomic mass is 19.1. The third-order valence-electron chi connectivity index (χ3n) is 5.39. The molecule has 2 aromatic rings. The van der Waals surface area contributed by atoms with Crippen molar-refractivity contribution >= 4 is 22.6 Å². The van der Waals surface area contributed by atoms with Gasteiger partial charge >= 0.3 is 0 Å². The van der Waals surface area contributed by atoms with Crippen LogP contribution in [0.15, 0.2) is 24.4 Å². The normalized spacial score (nSPS) is 29.2. The van der Waals surface area contributed by atoms with E-state index in [9.17, 15) is 14.0 Å². The van der Waals surface area contributed by atoms with Gasteiger partial charge in [0, 0.05) is 23.4 Å². The molecule has 0 spiro atoms. The number of nitrogens with two attached hydrogens (primary N) is 1. The number of ether oxygens (including phenoxy) is 2. The molecule has 1 saturated carbocycles. The Balaban J connectivity index is 1.61. The molecular weight excluding hydrogens is 341 g/mol. The lowest BCUT2D eigenvalue weighted by Gasteiger charge is -2.16. The zero-order valence-corrected chi connectivity index (χ0v) is 14.3. The van der Waals surface area contributed by atoms with Crippen molar-refractivity contribution in [3.63, 3.8) is 0 Å². The molecule has 1 aliphatic heterocycles. The van der Waals surface area contributed by atoms with E-state index >= 15 is 0 Å². The van der Waals surface area contributed by atoms with E-state index in [1.165, 1.54) is 7.11 Å². The Bertz CT molecular complexity index is 934. The van der Waals surface area contributed by atoms with Gasteiger partial charge in [0.15, 0.2) is 5.67 Å². The van der Waals surface area contributed by atoms with Crippen LogP contribution in [0.2, 0.25) is 0 Å². The lowest BCUT2D eigenvalue weighted by atomic mass is 10.1. The zero-order chi connectivity index (χ0) is 18.6. The Morgan fingerprint density at radius 1 is 1.46 bits per heavy atom. The second-order valence-corrected chi connectivity index (χ2v) is 6.73. The van der Waals surface area contributed by atoms with Gasteiger partial charge in [-0.2, -0.15) is 0 Å². The summed E-state index contributed by atoms with van der Waals surface area (Å²) in [7, 11) is 1.44. The first-order valence-electron chi connectivity index (χ1n) is 8.27. The number of hydrogen-bond donors (Lipinski definition) is 2. The van der Waals surface area contributed by atoms with Crippen LogP contribution >= 0.6 is 0 Å². The molecule has 1 saturated heterocycles. The highest BCUT2D eigenvalue weighted by molar-refractivity contribution is 6.01. The van der Waals surface area contributed by atoms with E-state index in [0.717, 1.165) is 0 Å². The van der Waals surface area contributed by atoms with Crippen LogP contribution < -0.4 is 20.5 Å². The van der Waals surface area contributed by atoms with Gasteiger partial charge in [0.1, 0.15) is 12.4 Å². The number of hydrogen-bond acceptors (Lipinski definition) is 5. The molecule has 1 aromatic heterocycles. The number of benzene rings is 1. The average molecular weight is 359 g/mol. The summed E-state index contributed by atoms with van der Waals surface area (Å²) in [6, 6.07) is 4.56. The number of piperidine rings is 1. The van der Waals surface area contributed by atoms with Crippen molar-refractivity contribution < 1.29 is 23.5 Å². The topological polar surface area (TPSA) is 104 Å². The van der Waals surface area contributed by atoms with Crippen molar-refractivity contribution in [2.75, 3.05) is 13.7 Å². The minimum atomic E-state index is -1.76. The predicted octanol–water partition coefficient (Wildman–Crippen LogP) is 1.19. The quantitative estimate of drug-likeness (QED) is 0.835. The average Bonchev–Trinajstić information content (AvgIpc) is 3.07. The number of amides is 2. The minimum Gasteiger partial charge on any atom is -0.496 e. The fourth-order valence-electron chi connectivity index (χ4n) is 3.89. The molecule has 2 aliphatic rings. The largest absolute Gasteiger partial charge is 0.496 e. The maximum atomic E-state index is 14.4. The van der Waals surface area contributed by atoms with Gasteiger partial charge in [-0.3, -0.25) is 9.59 Å². The number of primary amides is 1. The SMILES string of the molecule is COc1cc2c(OC[C@H]3NC(=O)[C@@]4(F)[C@H]3[C@@H]4C)nccc2cc1C(N)=O. The number of halogens is 1. The second-order valence-electron chi connectivity index (χ2n) is 6.73. The van der Waals surface area contributed by atoms with E-state index in [0.29, 0.717) is 22.4 Å². The third kappa shape index (κ3) is 2.21. The number of methoxy groups -OCH3 is 1. The summed E-state index contributed by atoms with van der Waals surface area (Å²) in [6.45, 7) is 1.83. The van der Waals surface area contributed by atoms with E-state index in [1.807, 2.05) is 0 Å². The van der Waals surface area contributed by atoms with Crippen LogP contribution in [-0.2, 0) is 4.79 Å². The van der Waals surface area contributed by atoms with E-state index in [4.69, 9.17) is 15.2 Å². The first-order valence-corrected chi connectivity index (χ1v) is 8.27. The Labute approximate surface area is 148 Å². The molecule has 0 radical (unpaired) electrons. The van der Waals surface area contributed by atoms with Gasteiger partial charge in [-0.15, -0.1) is 0 Å². The van der Waals surface area contributed by atoms with Crippen LogP contribution in [0.5, 0.6) is 11.6 Å². The molecule has 0 unspecified atom stereocenters. The smallest absolute Gasteiger partial charge is 0.258 e. The summed E-state index contributed by atoms with van der Waals surface area (Å²) in [6.07, 6.45) is 1.54. The molecule has 8 heteroatoms. The molecule has 2 amide bonds. The lowest BCUT2D eigenvalue weighted by Crippen LogP contribution is -2.38. The summed E-state index contributed by atoms with van der Waals surface area (Å²) in [4.78, 5) is 27.5. The summed E-state index contributed by atoms with van der Waals surface area (Å²) in [5.74, 6) is -1.21. The first kappa shape index (κ1) is 16.6. The number of rotatable bonds is 5. The van der Waals surface area contributed by atoms with Crippen molar-refractivity contribution in [2.45, 2.75) is 18.6 Å². The summed E-state index contributed by atoms with van der Waals surface area (Å²) >= 11 is 0. The molecule has 1 aromatic carbocycles. The van der Waals surface area contributed by atoms with E-state index in [1.54, 1.807) is 31.3 Å². The van der Waals surface area contributed by atoms with Gasteiger partial charge in [-0.25, -0.2) is 9.37 Å². The number of carbonyl (C=O) groups excluding carboxylic acids is 2. The summed E-state index contributed by atoms with van der Waals surface area (Å²) in [5, 5.41) is 3.98. The number of aromatic nitrogens is 1. The summed E-state index contributed by atoms with van der Waals surface area (Å²) < 4.78 is 25.4. The molecule has 0 bridgehead atoms. The molecule has 4 atom stereocenters. The monoisotopic (exact) mass is 359 g/mol. The highest BCUT2D eigenvalue weighted by Crippen LogP contribution is 2.59. The molecule has 1 aliphatic carbocycles. The first-order chi connectivity index (χ1) is 12.4. The molecule has 4 rings (SSSR count). The maximum absolute atomic E-state index is 14.4. The zero-order valence-electron chi connectivity index (χ0n) is 14.3. The molecule has 3 N–H and O–H groups in total. The third-order valence-corrected chi connectivity index (χ3v) is 5.39. The number of nitrogens with one attached hydrogen (secondary N) is 1. The molecule has 2 heterocycles. The van der Waals surface area contributed by atoms with Gasteiger partial charge in [-0.05, 0) is 23.6 Å². The number of pyridine rings is 1. The number of carbonyl (C=O) groups is 2. The standard InChI is InChI=1S/C18H18FN3O4/c1-8-14-12(22-17(24)18(8,14)19)7-26-16-10-6-13(25-2)11(15(20)23)5-9(10)3-4-21-16/h3-6,8,12,14H,7H2,1-2H3,(H2,20,23)(H,22,24)/t8-,12+,14-,18-/m0/s1. The summed E-state index contributed by atoms with van der Waals surface area (Å²) in [5.41, 5.74) is 3.87. The van der Waals surface area contributed by atoms with E-state index in [2.05, 4.69) is 10.3 Å². The van der Waals surface area contributed by atoms with Crippen LogP contribution in [0.4, 0.5) is 4.39 Å². The van der Waals surface area contributed by atoms with Crippen molar-refractivity contribution in [2.24, 2.45) is 17.6 Å². The van der Waals surface area contributed by atoms with Crippen molar-refractivity contribution in [1.29, 1.82) is 0 Å². The second kappa shape index (κ2) is 5.55. The van der Waals surface area contributed by atoms with Crippen molar-refractivity contribution in [3.05, 3.63) is 30.0 Å². The van der Waals surface area contributed by atoms with Gasteiger partial charge in [-0.1, -0.05) is 6.92 Å². The fourth-order valence-corrected chi connectivity index (χ4v) is 3.89. The van der Waals surface area contributed by atoms with Crippen LogP contribution in [0.1, 0.15) is 17.3 Å². The lowest BCUT2D eigenvalue weighted by molar-refractivity contribution is -0.126. The highest BCUT2D eigenvalue weighted by Gasteiger charge is 2.75. The van der Waals surface area contributed by atoms with Gasteiger partial charge in [0.2, 0.25) is 5.88 Å². The maximum Gasteiger partial charge on any atom is 0.258 e. The molecule has 26 heavy (non-hydrogen) atoms. The van der Waals surface area contributed by atoms with E-state index < -0.39 is 23.5 Å². The predicted molar refractivity (Wildman–Crippen MR) is 90.7 cm³/mol. The number of nitrogens with zero attached hydrogens (tertiary/aromatic N) is 1. The Hall–Kier alpha value is -2.90. The van der Waals surface area contributed by atoms with Gasteiger partial charge in [0.05, 0.1) is 18.7 Å². The number of fused-ring (bicyclic) bond motifs is 2. The Kier molecular flexibility index (Phi) is 3.54. The van der Waals surface area contributed by atoms with Gasteiger partial charge in [0.25, 0.3) is 11.8 Å². The van der Waals surface area contributed by atoms with Crippen LogP contribution in [0.3, 0.4) is 0 Å². The Morgan fingerprint density at radius 3 is 2.85 bits per heavy atom.